The van der Waals surface area contributed by atoms with Crippen LogP contribution in [0.25, 0.3) is 11.0 Å². The van der Waals surface area contributed by atoms with Crippen LogP contribution in [0.2, 0.25) is 5.28 Å². The minimum atomic E-state index is -5.24. The maximum Gasteiger partial charge on any atom is 0.359 e. The number of carboxylic acid groups (broad SMARTS) is 1. The van der Waals surface area contributed by atoms with Crippen LogP contribution in [0.4, 0.5) is 5.82 Å². The molecule has 3 aromatic rings. The number of aromatic carboxylic acids is 1. The Morgan fingerprint density at radius 3 is 2.60 bits per heavy atom. The van der Waals surface area contributed by atoms with Gasteiger partial charge in [-0.15, -0.1) is 0 Å². The number of pyridine rings is 1. The predicted octanol–water partition coefficient (Wildman–Crippen LogP) is 0.672. The van der Waals surface area contributed by atoms with Gasteiger partial charge in [0.05, 0.1) is 24.8 Å². The molecule has 2 fully saturated rings. The highest BCUT2D eigenvalue weighted by Crippen LogP contribution is 2.53. The Kier molecular flexibility index (Phi) is 8.81. The lowest BCUT2D eigenvalue weighted by molar-refractivity contribution is -0.109. The zero-order valence-corrected chi connectivity index (χ0v) is 23.7. The van der Waals surface area contributed by atoms with Gasteiger partial charge in [-0.05, 0) is 36.6 Å². The molecule has 0 spiro atoms. The molecule has 0 bridgehead atoms. The first-order chi connectivity index (χ1) is 19.9. The summed E-state index contributed by atoms with van der Waals surface area (Å²) >= 11 is 6.18. The molecule has 7 N–H and O–H groups in total. The van der Waals surface area contributed by atoms with E-state index in [-0.39, 0.29) is 28.4 Å². The van der Waals surface area contributed by atoms with E-state index in [4.69, 9.17) is 21.1 Å². The molecule has 16 nitrogen and oxygen atoms in total. The molecule has 1 aliphatic carbocycles. The lowest BCUT2D eigenvalue weighted by Crippen LogP contribution is -2.43. The van der Waals surface area contributed by atoms with E-state index in [2.05, 4.69) is 25.4 Å². The van der Waals surface area contributed by atoms with E-state index < -0.39 is 63.1 Å². The van der Waals surface area contributed by atoms with Gasteiger partial charge in [-0.1, -0.05) is 18.9 Å². The van der Waals surface area contributed by atoms with Crippen molar-refractivity contribution in [2.75, 3.05) is 18.5 Å². The number of nitrogens with one attached hydrogen (secondary N) is 1. The Morgan fingerprint density at radius 2 is 1.93 bits per heavy atom. The van der Waals surface area contributed by atoms with Crippen molar-refractivity contribution in [2.24, 2.45) is 0 Å². The van der Waals surface area contributed by atoms with Crippen molar-refractivity contribution in [2.45, 2.75) is 68.0 Å². The third-order valence-corrected chi connectivity index (χ3v) is 9.14. The van der Waals surface area contributed by atoms with E-state index in [0.717, 1.165) is 25.7 Å². The van der Waals surface area contributed by atoms with Gasteiger partial charge >= 0.3 is 13.6 Å². The summed E-state index contributed by atoms with van der Waals surface area (Å²) in [7, 11) is -5.24. The number of nitrogens with zero attached hydrogens (tertiary/aromatic N) is 5. The van der Waals surface area contributed by atoms with Crippen LogP contribution in [0.3, 0.4) is 0 Å². The van der Waals surface area contributed by atoms with Gasteiger partial charge in [0.1, 0.15) is 29.8 Å². The summed E-state index contributed by atoms with van der Waals surface area (Å²) in [5.41, 5.74) is -0.222. The van der Waals surface area contributed by atoms with Crippen LogP contribution in [0.1, 0.15) is 48.1 Å². The molecule has 42 heavy (non-hydrogen) atoms. The predicted molar refractivity (Wildman–Crippen MR) is 145 cm³/mol. The van der Waals surface area contributed by atoms with Crippen LogP contribution in [-0.4, -0.2) is 104 Å². The fourth-order valence-electron chi connectivity index (χ4n) is 5.18. The molecule has 1 aliphatic heterocycles. The molecule has 1 unspecified atom stereocenters. The van der Waals surface area contributed by atoms with Gasteiger partial charge in [0, 0.05) is 18.2 Å². The van der Waals surface area contributed by atoms with Crippen molar-refractivity contribution in [1.29, 1.82) is 0 Å². The molecular weight excluding hydrogens is 599 g/mol. The number of carbonyl (C=O) groups is 1. The molecule has 5 rings (SSSR count). The third kappa shape index (κ3) is 6.00. The molecule has 3 aromatic heterocycles. The van der Waals surface area contributed by atoms with E-state index in [1.807, 2.05) is 0 Å². The highest BCUT2D eigenvalue weighted by Gasteiger charge is 2.51. The fraction of sp³-hybridized carbons (Fsp3) is 0.542. The normalized spacial score (nSPS) is 24.7. The summed E-state index contributed by atoms with van der Waals surface area (Å²) in [4.78, 5) is 43.9. The smallest absolute Gasteiger partial charge is 0.359 e. The summed E-state index contributed by atoms with van der Waals surface area (Å²) in [5, 5.41) is 46.4. The SMILES string of the molecule is O=C(O)c1cccc(CC(CO)(OC[C@H]2O[C@@H](n3ncc4c(NC5CCCC5)nc(Cl)nc43)[C@H](O)[C@@H]2O)P(=O)(O)O)n1. The van der Waals surface area contributed by atoms with Crippen molar-refractivity contribution in [1.82, 2.24) is 24.7 Å². The molecule has 1 saturated carbocycles. The topological polar surface area (TPSA) is 242 Å². The monoisotopic (exact) mass is 628 g/mol. The van der Waals surface area contributed by atoms with Gasteiger partial charge in [0.2, 0.25) is 5.28 Å². The number of hydrogen-bond acceptors (Lipinski definition) is 12. The largest absolute Gasteiger partial charge is 0.477 e. The second-order valence-corrected chi connectivity index (χ2v) is 12.5. The number of ether oxygens (including phenoxy) is 2. The van der Waals surface area contributed by atoms with E-state index in [0.29, 0.717) is 11.2 Å². The van der Waals surface area contributed by atoms with Crippen LogP contribution in [0, 0.1) is 0 Å². The number of aliphatic hydroxyl groups is 3. The first kappa shape index (κ1) is 30.7. The van der Waals surface area contributed by atoms with Gasteiger partial charge in [0.25, 0.3) is 0 Å². The second kappa shape index (κ2) is 12.1. The minimum absolute atomic E-state index is 0.0698. The lowest BCUT2D eigenvalue weighted by atomic mass is 10.1. The number of carboxylic acids is 1. The van der Waals surface area contributed by atoms with Crippen molar-refractivity contribution in [3.63, 3.8) is 0 Å². The van der Waals surface area contributed by atoms with E-state index >= 15 is 0 Å². The Bertz CT molecular complexity index is 1500. The van der Waals surface area contributed by atoms with Crippen LogP contribution >= 0.6 is 19.2 Å². The van der Waals surface area contributed by atoms with Crippen molar-refractivity contribution in [3.05, 3.63) is 41.1 Å². The first-order valence-corrected chi connectivity index (χ1v) is 15.1. The minimum Gasteiger partial charge on any atom is -0.477 e. The summed E-state index contributed by atoms with van der Waals surface area (Å²) in [6.07, 6.45) is -0.838. The quantitative estimate of drug-likeness (QED) is 0.114. The molecule has 0 amide bonds. The van der Waals surface area contributed by atoms with Gasteiger partial charge in [0.15, 0.2) is 17.2 Å². The van der Waals surface area contributed by atoms with E-state index in [9.17, 15) is 39.6 Å². The van der Waals surface area contributed by atoms with E-state index in [1.165, 1.54) is 29.1 Å². The highest BCUT2D eigenvalue weighted by molar-refractivity contribution is 7.53. The molecule has 1 saturated heterocycles. The maximum atomic E-state index is 12.5. The molecule has 0 aromatic carbocycles. The van der Waals surface area contributed by atoms with Gasteiger partial charge < -0.3 is 45.0 Å². The molecular formula is C24H30ClN6O10P. The van der Waals surface area contributed by atoms with Crippen LogP contribution in [0.15, 0.2) is 24.4 Å². The molecule has 4 heterocycles. The third-order valence-electron chi connectivity index (χ3n) is 7.48. The van der Waals surface area contributed by atoms with Crippen LogP contribution in [0.5, 0.6) is 0 Å². The van der Waals surface area contributed by atoms with Crippen LogP contribution < -0.4 is 5.32 Å². The average Bonchev–Trinajstić information content (AvgIpc) is 3.67. The van der Waals surface area contributed by atoms with Crippen molar-refractivity contribution >= 4 is 42.0 Å². The van der Waals surface area contributed by atoms with Crippen LogP contribution in [-0.2, 0) is 20.5 Å². The summed E-state index contributed by atoms with van der Waals surface area (Å²) in [6.45, 7) is -1.86. The zero-order valence-electron chi connectivity index (χ0n) is 22.0. The number of hydrogen-bond donors (Lipinski definition) is 7. The average molecular weight is 629 g/mol. The number of aliphatic hydroxyl groups excluding tert-OH is 3. The second-order valence-electron chi connectivity index (χ2n) is 10.3. The van der Waals surface area contributed by atoms with Crippen molar-refractivity contribution < 1.29 is 49.0 Å². The van der Waals surface area contributed by atoms with E-state index in [1.54, 1.807) is 0 Å². The molecule has 5 atom stereocenters. The lowest BCUT2D eigenvalue weighted by Gasteiger charge is -2.33. The van der Waals surface area contributed by atoms with Gasteiger partial charge in [-0.3, -0.25) is 4.57 Å². The Balaban J connectivity index is 1.36. The molecule has 228 valence electrons. The molecule has 0 radical (unpaired) electrons. The summed E-state index contributed by atoms with van der Waals surface area (Å²) < 4.78 is 25.1. The molecule has 2 aliphatic rings. The first-order valence-electron chi connectivity index (χ1n) is 13.1. The maximum absolute atomic E-state index is 12.5. The highest BCUT2D eigenvalue weighted by atomic mass is 35.5. The fourth-order valence-corrected chi connectivity index (χ4v) is 6.14. The summed E-state index contributed by atoms with van der Waals surface area (Å²) in [6, 6.07) is 4.06. The van der Waals surface area contributed by atoms with Crippen molar-refractivity contribution in [3.8, 4) is 0 Å². The number of halogens is 1. The Hall–Kier alpha value is -2.79. The van der Waals surface area contributed by atoms with Gasteiger partial charge in [-0.2, -0.15) is 15.1 Å². The zero-order chi connectivity index (χ0) is 30.2. The standard InChI is InChI=1S/C24H30ClN6O10P/c25-23-29-19(28-12-4-1-2-5-12)14-9-26-31(20(14)30-23)21-18(34)17(33)16(41-21)10-40-24(11-32,42(37,38)39)8-13-6-3-7-15(27-13)22(35)36/h3,6-7,9,12,16-18,21,32-34H,1-2,4-5,8,10-11H2,(H,35,36)(H,28,29,30)(H2,37,38,39)/t16-,17-,18-,21-,24?/m1/s1. The number of rotatable bonds is 11. The van der Waals surface area contributed by atoms with Gasteiger partial charge in [-0.25, -0.2) is 14.5 Å². The number of anilines is 1. The Labute approximate surface area is 243 Å². The summed E-state index contributed by atoms with van der Waals surface area (Å²) in [5.74, 6) is -0.892. The Morgan fingerprint density at radius 1 is 1.19 bits per heavy atom. The number of fused-ring (bicyclic) bond motifs is 1. The molecule has 18 heteroatoms. The number of aromatic nitrogens is 5.